The Labute approximate surface area is 175 Å². The summed E-state index contributed by atoms with van der Waals surface area (Å²) in [5.41, 5.74) is -0.349. The molecule has 3 heterocycles. The molecule has 9 nitrogen and oxygen atoms in total. The van der Waals surface area contributed by atoms with E-state index >= 15 is 0 Å². The van der Waals surface area contributed by atoms with Gasteiger partial charge in [0, 0.05) is 45.8 Å². The molecule has 1 saturated heterocycles. The number of rotatable bonds is 2. The fourth-order valence-corrected chi connectivity index (χ4v) is 3.62. The van der Waals surface area contributed by atoms with Gasteiger partial charge in [0.15, 0.2) is 0 Å². The van der Waals surface area contributed by atoms with Crippen molar-refractivity contribution in [2.45, 2.75) is 0 Å². The molecule has 1 aliphatic rings. The summed E-state index contributed by atoms with van der Waals surface area (Å²) in [4.78, 5) is 57.4. The number of hydrogen-bond donors (Lipinski definition) is 0. The highest BCUT2D eigenvalue weighted by Gasteiger charge is 2.26. The van der Waals surface area contributed by atoms with Crippen LogP contribution in [0.1, 0.15) is 20.8 Å². The van der Waals surface area contributed by atoms with Gasteiger partial charge in [-0.3, -0.25) is 23.5 Å². The normalized spacial score (nSPS) is 14.2. The molecule has 4 rings (SSSR count). The molecule has 1 aromatic carbocycles. The van der Waals surface area contributed by atoms with Gasteiger partial charge in [-0.05, 0) is 36.4 Å². The minimum Gasteiger partial charge on any atom is -0.335 e. The Morgan fingerprint density at radius 3 is 2.03 bits per heavy atom. The van der Waals surface area contributed by atoms with Gasteiger partial charge in [-0.15, -0.1) is 0 Å². The van der Waals surface area contributed by atoms with E-state index in [1.54, 1.807) is 9.80 Å². The molecule has 0 saturated carbocycles. The molecule has 3 aromatic rings. The molecule has 0 N–H and O–H groups in total. The Hall–Kier alpha value is -3.82. The van der Waals surface area contributed by atoms with Gasteiger partial charge in [0.05, 0.1) is 5.39 Å². The highest BCUT2D eigenvalue weighted by Crippen LogP contribution is 2.13. The predicted octanol–water partition coefficient (Wildman–Crippen LogP) is 0.369. The molecule has 2 aromatic heterocycles. The average Bonchev–Trinajstić information content (AvgIpc) is 2.80. The molecule has 0 bridgehead atoms. The largest absolute Gasteiger partial charge is 0.335 e. The first kappa shape index (κ1) is 20.5. The Kier molecular flexibility index (Phi) is 5.14. The molecule has 31 heavy (non-hydrogen) atoms. The lowest BCUT2D eigenvalue weighted by molar-refractivity contribution is 0.0532. The van der Waals surface area contributed by atoms with Crippen LogP contribution in [0, 0.1) is 5.82 Å². The molecule has 160 valence electrons. The number of hydrogen-bond acceptors (Lipinski definition) is 5. The third-order valence-corrected chi connectivity index (χ3v) is 5.47. The molecule has 0 aliphatic carbocycles. The summed E-state index contributed by atoms with van der Waals surface area (Å²) in [5, 5.41) is 0.246. The van der Waals surface area contributed by atoms with Gasteiger partial charge < -0.3 is 9.80 Å². The molecule has 1 fully saturated rings. The van der Waals surface area contributed by atoms with Crippen LogP contribution in [-0.2, 0) is 14.1 Å². The van der Waals surface area contributed by atoms with Crippen LogP contribution in [-0.4, -0.2) is 61.9 Å². The number of benzene rings is 1. The van der Waals surface area contributed by atoms with Crippen molar-refractivity contribution in [3.05, 3.63) is 74.3 Å². The Morgan fingerprint density at radius 1 is 0.839 bits per heavy atom. The molecular formula is C21H20FN5O4. The second kappa shape index (κ2) is 7.78. The number of aryl methyl sites for hydroxylation is 1. The lowest BCUT2D eigenvalue weighted by atomic mass is 10.1. The van der Waals surface area contributed by atoms with Gasteiger partial charge in [0.1, 0.15) is 17.2 Å². The summed E-state index contributed by atoms with van der Waals surface area (Å²) in [7, 11) is 2.88. The quantitative estimate of drug-likeness (QED) is 0.591. The number of aromatic nitrogens is 3. The second-order valence-corrected chi connectivity index (χ2v) is 7.36. The van der Waals surface area contributed by atoms with E-state index in [1.807, 2.05) is 0 Å². The van der Waals surface area contributed by atoms with Crippen LogP contribution in [0.15, 0.2) is 46.0 Å². The van der Waals surface area contributed by atoms with Gasteiger partial charge in [0.25, 0.3) is 17.4 Å². The van der Waals surface area contributed by atoms with Crippen molar-refractivity contribution in [3.8, 4) is 0 Å². The van der Waals surface area contributed by atoms with Crippen LogP contribution in [0.3, 0.4) is 0 Å². The van der Waals surface area contributed by atoms with E-state index in [1.165, 1.54) is 55.1 Å². The highest BCUT2D eigenvalue weighted by molar-refractivity contribution is 5.96. The smallest absolute Gasteiger partial charge is 0.332 e. The van der Waals surface area contributed by atoms with E-state index in [2.05, 4.69) is 4.98 Å². The average molecular weight is 425 g/mol. The van der Waals surface area contributed by atoms with E-state index in [0.29, 0.717) is 31.7 Å². The summed E-state index contributed by atoms with van der Waals surface area (Å²) in [6.45, 7) is 1.27. The number of fused-ring (bicyclic) bond motifs is 1. The lowest BCUT2D eigenvalue weighted by Crippen LogP contribution is -2.50. The second-order valence-electron chi connectivity index (χ2n) is 7.36. The lowest BCUT2D eigenvalue weighted by Gasteiger charge is -2.34. The van der Waals surface area contributed by atoms with E-state index in [0.717, 1.165) is 4.57 Å². The van der Waals surface area contributed by atoms with Crippen LogP contribution in [0.4, 0.5) is 4.39 Å². The zero-order valence-electron chi connectivity index (χ0n) is 17.0. The summed E-state index contributed by atoms with van der Waals surface area (Å²) in [6.07, 6.45) is 0. The minimum absolute atomic E-state index is 0.120. The monoisotopic (exact) mass is 425 g/mol. The number of carbonyl (C=O) groups is 2. The number of nitrogens with zero attached hydrogens (tertiary/aromatic N) is 5. The van der Waals surface area contributed by atoms with E-state index < -0.39 is 17.1 Å². The first-order chi connectivity index (χ1) is 14.8. The van der Waals surface area contributed by atoms with Gasteiger partial charge >= 0.3 is 5.69 Å². The van der Waals surface area contributed by atoms with Crippen molar-refractivity contribution in [2.24, 2.45) is 14.1 Å². The fraction of sp³-hybridized carbons (Fsp3) is 0.286. The molecule has 0 atom stereocenters. The topological polar surface area (TPSA) is 97.5 Å². The maximum Gasteiger partial charge on any atom is 0.332 e. The highest BCUT2D eigenvalue weighted by atomic mass is 19.1. The maximum atomic E-state index is 13.1. The number of pyridine rings is 1. The minimum atomic E-state index is -0.525. The Morgan fingerprint density at radius 2 is 1.42 bits per heavy atom. The SMILES string of the molecule is Cn1c(=O)c2ccc(C(=O)N3CCN(C(=O)c4ccc(F)cc4)CC3)nc2n(C)c1=O. The Balaban J connectivity index is 1.52. The predicted molar refractivity (Wildman–Crippen MR) is 110 cm³/mol. The standard InChI is InChI=1S/C21H20FN5O4/c1-24-17-15(19(29)25(2)21(24)31)7-8-16(23-17)20(30)27-11-9-26(10-12-27)18(28)13-3-5-14(22)6-4-13/h3-8H,9-12H2,1-2H3. The zero-order chi connectivity index (χ0) is 22.3. The number of halogens is 1. The molecule has 1 aliphatic heterocycles. The van der Waals surface area contributed by atoms with Crippen molar-refractivity contribution in [1.29, 1.82) is 0 Å². The first-order valence-corrected chi connectivity index (χ1v) is 9.69. The first-order valence-electron chi connectivity index (χ1n) is 9.69. The fourth-order valence-electron chi connectivity index (χ4n) is 3.62. The van der Waals surface area contributed by atoms with Crippen LogP contribution < -0.4 is 11.2 Å². The third kappa shape index (κ3) is 3.60. The molecule has 0 unspecified atom stereocenters. The number of piperazine rings is 1. The molecular weight excluding hydrogens is 405 g/mol. The van der Waals surface area contributed by atoms with Crippen molar-refractivity contribution < 1.29 is 14.0 Å². The molecule has 0 radical (unpaired) electrons. The summed E-state index contributed by atoms with van der Waals surface area (Å²) in [5.74, 6) is -0.976. The van der Waals surface area contributed by atoms with Crippen molar-refractivity contribution in [1.82, 2.24) is 23.9 Å². The van der Waals surface area contributed by atoms with Gasteiger partial charge in [-0.2, -0.15) is 0 Å². The van der Waals surface area contributed by atoms with Crippen LogP contribution in [0.25, 0.3) is 11.0 Å². The van der Waals surface area contributed by atoms with Crippen LogP contribution >= 0.6 is 0 Å². The van der Waals surface area contributed by atoms with Gasteiger partial charge in [-0.1, -0.05) is 0 Å². The molecule has 0 spiro atoms. The third-order valence-electron chi connectivity index (χ3n) is 5.47. The number of carbonyl (C=O) groups excluding carboxylic acids is 2. The van der Waals surface area contributed by atoms with E-state index in [4.69, 9.17) is 0 Å². The van der Waals surface area contributed by atoms with Crippen molar-refractivity contribution in [2.75, 3.05) is 26.2 Å². The molecule has 10 heteroatoms. The number of amides is 2. The van der Waals surface area contributed by atoms with E-state index in [-0.39, 0.29) is 28.5 Å². The summed E-state index contributed by atoms with van der Waals surface area (Å²) < 4.78 is 15.3. The zero-order valence-corrected chi connectivity index (χ0v) is 17.0. The Bertz CT molecular complexity index is 1300. The van der Waals surface area contributed by atoms with E-state index in [9.17, 15) is 23.6 Å². The van der Waals surface area contributed by atoms with Crippen molar-refractivity contribution >= 4 is 22.8 Å². The maximum absolute atomic E-state index is 13.1. The summed E-state index contributed by atoms with van der Waals surface area (Å²) >= 11 is 0. The van der Waals surface area contributed by atoms with Gasteiger partial charge in [-0.25, -0.2) is 14.2 Å². The molecule has 2 amide bonds. The van der Waals surface area contributed by atoms with Crippen LogP contribution in [0.2, 0.25) is 0 Å². The van der Waals surface area contributed by atoms with Gasteiger partial charge in [0.2, 0.25) is 0 Å². The van der Waals surface area contributed by atoms with Crippen molar-refractivity contribution in [3.63, 3.8) is 0 Å². The summed E-state index contributed by atoms with van der Waals surface area (Å²) in [6, 6.07) is 8.29. The van der Waals surface area contributed by atoms with Crippen LogP contribution in [0.5, 0.6) is 0 Å².